The molecule has 0 spiro atoms. The maximum absolute atomic E-state index is 13.1. The molecule has 0 fully saturated rings. The Hall–Kier alpha value is -0.970. The zero-order valence-electron chi connectivity index (χ0n) is 12.1. The van der Waals surface area contributed by atoms with Crippen molar-refractivity contribution in [2.45, 2.75) is 33.1 Å². The van der Waals surface area contributed by atoms with E-state index in [-0.39, 0.29) is 12.1 Å². The molecule has 19 heavy (non-hydrogen) atoms. The zero-order valence-corrected chi connectivity index (χ0v) is 12.1. The number of nitrogens with zero attached hydrogens (tertiary/aromatic N) is 1. The molecule has 0 radical (unpaired) electrons. The van der Waals surface area contributed by atoms with Crippen LogP contribution in [0.25, 0.3) is 0 Å². The minimum atomic E-state index is -0.188. The minimum absolute atomic E-state index is 0.148. The first-order valence-electron chi connectivity index (χ1n) is 6.81. The lowest BCUT2D eigenvalue weighted by atomic mass is 10.2. The average Bonchev–Trinajstić information content (AvgIpc) is 2.36. The summed E-state index contributed by atoms with van der Waals surface area (Å²) in [6.45, 7) is 6.80. The van der Waals surface area contributed by atoms with E-state index in [1.54, 1.807) is 12.1 Å². The molecule has 4 heteroatoms. The summed E-state index contributed by atoms with van der Waals surface area (Å²) in [7, 11) is 2.01. The Labute approximate surface area is 115 Å². The summed E-state index contributed by atoms with van der Waals surface area (Å²) in [5.41, 5.74) is 0.979. The van der Waals surface area contributed by atoms with Gasteiger partial charge in [0.1, 0.15) is 5.82 Å². The highest BCUT2D eigenvalue weighted by Crippen LogP contribution is 2.08. The van der Waals surface area contributed by atoms with E-state index in [9.17, 15) is 4.39 Å². The second kappa shape index (κ2) is 9.02. The molecule has 1 aromatic carbocycles. The largest absolute Gasteiger partial charge is 0.353 e. The molecule has 0 aliphatic heterocycles. The van der Waals surface area contributed by atoms with Crippen LogP contribution in [-0.2, 0) is 16.0 Å². The summed E-state index contributed by atoms with van der Waals surface area (Å²) >= 11 is 0. The van der Waals surface area contributed by atoms with Crippen LogP contribution < -0.4 is 0 Å². The lowest BCUT2D eigenvalue weighted by Gasteiger charge is -2.21. The molecule has 0 bridgehead atoms. The second-order valence-electron chi connectivity index (χ2n) is 4.50. The summed E-state index contributed by atoms with van der Waals surface area (Å²) in [5, 5.41) is 0. The first-order chi connectivity index (χ1) is 9.15. The van der Waals surface area contributed by atoms with Gasteiger partial charge >= 0.3 is 0 Å². The third kappa shape index (κ3) is 6.66. The van der Waals surface area contributed by atoms with Crippen LogP contribution in [0.4, 0.5) is 4.39 Å². The second-order valence-corrected chi connectivity index (χ2v) is 4.50. The number of hydrogen-bond donors (Lipinski definition) is 0. The lowest BCUT2D eigenvalue weighted by molar-refractivity contribution is -0.141. The molecule has 0 unspecified atom stereocenters. The fourth-order valence-electron chi connectivity index (χ4n) is 1.94. The van der Waals surface area contributed by atoms with Crippen molar-refractivity contribution in [3.05, 3.63) is 35.6 Å². The SMILES string of the molecule is CCOC(CCN(C)Cc1cccc(F)c1)OCC. The highest BCUT2D eigenvalue weighted by molar-refractivity contribution is 5.15. The van der Waals surface area contributed by atoms with E-state index < -0.39 is 0 Å². The Morgan fingerprint density at radius 1 is 1.21 bits per heavy atom. The molecule has 3 nitrogen and oxygen atoms in total. The van der Waals surface area contributed by atoms with Crippen LogP contribution >= 0.6 is 0 Å². The molecule has 108 valence electrons. The molecule has 0 heterocycles. The van der Waals surface area contributed by atoms with Crippen molar-refractivity contribution in [2.75, 3.05) is 26.8 Å². The quantitative estimate of drug-likeness (QED) is 0.643. The number of rotatable bonds is 9. The van der Waals surface area contributed by atoms with Gasteiger partial charge in [-0.3, -0.25) is 0 Å². The van der Waals surface area contributed by atoms with Crippen LogP contribution in [0.2, 0.25) is 0 Å². The van der Waals surface area contributed by atoms with Crippen LogP contribution in [0.1, 0.15) is 25.8 Å². The van der Waals surface area contributed by atoms with Crippen LogP contribution in [0.5, 0.6) is 0 Å². The number of halogens is 1. The third-order valence-corrected chi connectivity index (χ3v) is 2.79. The van der Waals surface area contributed by atoms with Gasteiger partial charge in [-0.05, 0) is 38.6 Å². The Morgan fingerprint density at radius 2 is 1.89 bits per heavy atom. The molecule has 1 rings (SSSR count). The van der Waals surface area contributed by atoms with Gasteiger partial charge in [0, 0.05) is 32.7 Å². The standard InChI is InChI=1S/C15H24FNO2/c1-4-18-15(19-5-2)9-10-17(3)12-13-7-6-8-14(16)11-13/h6-8,11,15H,4-5,9-10,12H2,1-3H3. The van der Waals surface area contributed by atoms with E-state index >= 15 is 0 Å². The molecule has 0 aliphatic carbocycles. The molecule has 0 aliphatic rings. The summed E-state index contributed by atoms with van der Waals surface area (Å²) in [6, 6.07) is 6.70. The highest BCUT2D eigenvalue weighted by atomic mass is 19.1. The fraction of sp³-hybridized carbons (Fsp3) is 0.600. The van der Waals surface area contributed by atoms with Gasteiger partial charge in [0.05, 0.1) is 0 Å². The smallest absolute Gasteiger partial charge is 0.158 e. The van der Waals surface area contributed by atoms with Crippen LogP contribution in [0, 0.1) is 5.82 Å². The molecule has 0 saturated heterocycles. The zero-order chi connectivity index (χ0) is 14.1. The van der Waals surface area contributed by atoms with Gasteiger partial charge < -0.3 is 14.4 Å². The van der Waals surface area contributed by atoms with E-state index in [0.717, 1.165) is 25.1 Å². The minimum Gasteiger partial charge on any atom is -0.353 e. The van der Waals surface area contributed by atoms with Crippen LogP contribution in [-0.4, -0.2) is 38.0 Å². The third-order valence-electron chi connectivity index (χ3n) is 2.79. The Bertz CT molecular complexity index is 354. The molecule has 0 amide bonds. The van der Waals surface area contributed by atoms with Gasteiger partial charge in [-0.15, -0.1) is 0 Å². The van der Waals surface area contributed by atoms with E-state index in [2.05, 4.69) is 4.90 Å². The number of benzene rings is 1. The molecule has 0 atom stereocenters. The topological polar surface area (TPSA) is 21.7 Å². The summed E-state index contributed by atoms with van der Waals surface area (Å²) < 4.78 is 24.1. The lowest BCUT2D eigenvalue weighted by Crippen LogP contribution is -2.26. The summed E-state index contributed by atoms with van der Waals surface area (Å²) in [6.07, 6.45) is 0.665. The Kier molecular flexibility index (Phi) is 7.63. The molecular weight excluding hydrogens is 245 g/mol. The van der Waals surface area contributed by atoms with Crippen molar-refractivity contribution in [3.63, 3.8) is 0 Å². The van der Waals surface area contributed by atoms with Gasteiger partial charge in [0.2, 0.25) is 0 Å². The van der Waals surface area contributed by atoms with Gasteiger partial charge in [-0.2, -0.15) is 0 Å². The monoisotopic (exact) mass is 269 g/mol. The maximum atomic E-state index is 13.1. The number of ether oxygens (including phenoxy) is 2. The molecule has 0 aromatic heterocycles. The van der Waals surface area contributed by atoms with Crippen LogP contribution in [0.3, 0.4) is 0 Å². The van der Waals surface area contributed by atoms with Crippen molar-refractivity contribution in [1.29, 1.82) is 0 Å². The average molecular weight is 269 g/mol. The number of hydrogen-bond acceptors (Lipinski definition) is 3. The van der Waals surface area contributed by atoms with Gasteiger partial charge in [-0.25, -0.2) is 4.39 Å². The van der Waals surface area contributed by atoms with Crippen molar-refractivity contribution >= 4 is 0 Å². The predicted octanol–water partition coefficient (Wildman–Crippen LogP) is 3.05. The van der Waals surface area contributed by atoms with E-state index in [1.807, 2.05) is 27.0 Å². The molecule has 1 aromatic rings. The van der Waals surface area contributed by atoms with Crippen molar-refractivity contribution in [3.8, 4) is 0 Å². The summed E-state index contributed by atoms with van der Waals surface area (Å²) in [5.74, 6) is -0.188. The van der Waals surface area contributed by atoms with Gasteiger partial charge in [0.15, 0.2) is 6.29 Å². The van der Waals surface area contributed by atoms with Gasteiger partial charge in [-0.1, -0.05) is 12.1 Å². The Morgan fingerprint density at radius 3 is 2.47 bits per heavy atom. The van der Waals surface area contributed by atoms with Crippen molar-refractivity contribution < 1.29 is 13.9 Å². The molecular formula is C15H24FNO2. The van der Waals surface area contributed by atoms with E-state index in [1.165, 1.54) is 6.07 Å². The fourth-order valence-corrected chi connectivity index (χ4v) is 1.94. The Balaban J connectivity index is 2.35. The molecule has 0 saturated carbocycles. The van der Waals surface area contributed by atoms with Gasteiger partial charge in [0.25, 0.3) is 0 Å². The molecule has 0 N–H and O–H groups in total. The van der Waals surface area contributed by atoms with Crippen molar-refractivity contribution in [2.24, 2.45) is 0 Å². The predicted molar refractivity (Wildman–Crippen MR) is 74.4 cm³/mol. The normalized spacial score (nSPS) is 11.5. The maximum Gasteiger partial charge on any atom is 0.158 e. The van der Waals surface area contributed by atoms with E-state index in [4.69, 9.17) is 9.47 Å². The first kappa shape index (κ1) is 16.1. The highest BCUT2D eigenvalue weighted by Gasteiger charge is 2.09. The van der Waals surface area contributed by atoms with Crippen molar-refractivity contribution in [1.82, 2.24) is 4.90 Å². The van der Waals surface area contributed by atoms with Crippen LogP contribution in [0.15, 0.2) is 24.3 Å². The van der Waals surface area contributed by atoms with E-state index in [0.29, 0.717) is 13.2 Å². The first-order valence-corrected chi connectivity index (χ1v) is 6.81. The summed E-state index contributed by atoms with van der Waals surface area (Å²) in [4.78, 5) is 2.14.